The summed E-state index contributed by atoms with van der Waals surface area (Å²) in [5.41, 5.74) is 1.15. The summed E-state index contributed by atoms with van der Waals surface area (Å²) in [5, 5.41) is 9.06. The van der Waals surface area contributed by atoms with Crippen molar-refractivity contribution in [3.05, 3.63) is 59.2 Å². The molecule has 1 N–H and O–H groups in total. The Balaban J connectivity index is 1.77. The number of amides is 1. The van der Waals surface area contributed by atoms with Gasteiger partial charge in [0.25, 0.3) is 0 Å². The zero-order chi connectivity index (χ0) is 17.3. The van der Waals surface area contributed by atoms with Crippen LogP contribution in [0, 0.1) is 0 Å². The topological polar surface area (TPSA) is 49.8 Å². The molecule has 1 aliphatic heterocycles. The van der Waals surface area contributed by atoms with Crippen LogP contribution in [0.2, 0.25) is 0 Å². The second-order valence-corrected chi connectivity index (χ2v) is 5.51. The van der Waals surface area contributed by atoms with E-state index in [1.807, 2.05) is 6.07 Å². The van der Waals surface area contributed by atoms with Crippen molar-refractivity contribution in [1.29, 1.82) is 0 Å². The Hall–Kier alpha value is -2.70. The van der Waals surface area contributed by atoms with Crippen LogP contribution >= 0.6 is 0 Å². The molecule has 0 aliphatic carbocycles. The summed E-state index contributed by atoms with van der Waals surface area (Å²) in [4.78, 5) is 12.4. The largest absolute Gasteiger partial charge is 0.465 e. The van der Waals surface area contributed by atoms with Gasteiger partial charge in [-0.25, -0.2) is 4.79 Å². The first-order valence-corrected chi connectivity index (χ1v) is 7.28. The number of halogens is 3. The van der Waals surface area contributed by atoms with Crippen LogP contribution in [-0.4, -0.2) is 22.6 Å². The van der Waals surface area contributed by atoms with E-state index in [0.717, 1.165) is 23.3 Å². The molecular formula is C17H14F3NO3. The van der Waals surface area contributed by atoms with Crippen molar-refractivity contribution in [1.82, 2.24) is 4.90 Å². The molecular weight excluding hydrogens is 323 g/mol. The summed E-state index contributed by atoms with van der Waals surface area (Å²) in [6.07, 6.45) is -4.73. The van der Waals surface area contributed by atoms with E-state index in [2.05, 4.69) is 0 Å². The van der Waals surface area contributed by atoms with Crippen LogP contribution in [0.1, 0.15) is 16.7 Å². The zero-order valence-electron chi connectivity index (χ0n) is 12.5. The number of ether oxygens (including phenoxy) is 1. The van der Waals surface area contributed by atoms with E-state index >= 15 is 0 Å². The zero-order valence-corrected chi connectivity index (χ0v) is 12.5. The van der Waals surface area contributed by atoms with E-state index in [9.17, 15) is 18.0 Å². The van der Waals surface area contributed by atoms with E-state index in [1.165, 1.54) is 17.0 Å². The van der Waals surface area contributed by atoms with Crippen molar-refractivity contribution >= 4 is 6.09 Å². The highest BCUT2D eigenvalue weighted by Crippen LogP contribution is 2.32. The molecule has 0 atom stereocenters. The van der Waals surface area contributed by atoms with E-state index in [-0.39, 0.29) is 12.3 Å². The molecule has 24 heavy (non-hydrogen) atoms. The van der Waals surface area contributed by atoms with Crippen molar-refractivity contribution in [2.24, 2.45) is 0 Å². The third-order valence-corrected chi connectivity index (χ3v) is 3.88. The van der Waals surface area contributed by atoms with Gasteiger partial charge >= 0.3 is 12.3 Å². The molecule has 0 bridgehead atoms. The van der Waals surface area contributed by atoms with Crippen molar-refractivity contribution in [2.45, 2.75) is 19.1 Å². The molecule has 0 spiro atoms. The molecule has 1 amide bonds. The molecule has 1 heterocycles. The lowest BCUT2D eigenvalue weighted by atomic mass is 10.00. The summed E-state index contributed by atoms with van der Waals surface area (Å²) in [7, 11) is 0. The molecule has 0 saturated heterocycles. The van der Waals surface area contributed by atoms with Gasteiger partial charge in [0.2, 0.25) is 0 Å². The van der Waals surface area contributed by atoms with Gasteiger partial charge in [0.15, 0.2) is 0 Å². The predicted octanol–water partition coefficient (Wildman–Crippen LogP) is 4.53. The Morgan fingerprint density at radius 2 is 1.71 bits per heavy atom. The number of rotatable bonds is 2. The number of alkyl halides is 3. The molecule has 126 valence electrons. The first kappa shape index (κ1) is 16.2. The fraction of sp³-hybridized carbons (Fsp3) is 0.235. The minimum atomic E-state index is -4.38. The summed E-state index contributed by atoms with van der Waals surface area (Å²) < 4.78 is 43.2. The van der Waals surface area contributed by atoms with E-state index < -0.39 is 17.8 Å². The van der Waals surface area contributed by atoms with E-state index in [4.69, 9.17) is 9.84 Å². The molecule has 0 fully saturated rings. The summed E-state index contributed by atoms with van der Waals surface area (Å²) >= 11 is 0. The Morgan fingerprint density at radius 3 is 2.33 bits per heavy atom. The number of hydrogen-bond donors (Lipinski definition) is 1. The van der Waals surface area contributed by atoms with Gasteiger partial charge in [0.05, 0.1) is 5.56 Å². The van der Waals surface area contributed by atoms with Crippen molar-refractivity contribution in [3.8, 4) is 11.5 Å². The third kappa shape index (κ3) is 3.45. The molecule has 2 aromatic rings. The fourth-order valence-electron chi connectivity index (χ4n) is 2.61. The van der Waals surface area contributed by atoms with Crippen LogP contribution < -0.4 is 4.74 Å². The smallest absolute Gasteiger partial charge is 0.416 e. The SMILES string of the molecule is O=C(O)N1CCc2ccc(Oc3ccc(C(F)(F)F)cc3)cc2C1. The van der Waals surface area contributed by atoms with Crippen LogP contribution in [0.3, 0.4) is 0 Å². The van der Waals surface area contributed by atoms with Gasteiger partial charge in [-0.15, -0.1) is 0 Å². The van der Waals surface area contributed by atoms with Crippen LogP contribution in [0.5, 0.6) is 11.5 Å². The van der Waals surface area contributed by atoms with Gasteiger partial charge in [0, 0.05) is 13.1 Å². The molecule has 4 nitrogen and oxygen atoms in total. The first-order valence-electron chi connectivity index (χ1n) is 7.28. The number of carbonyl (C=O) groups is 1. The van der Waals surface area contributed by atoms with Gasteiger partial charge in [-0.1, -0.05) is 6.07 Å². The number of fused-ring (bicyclic) bond motifs is 1. The maximum Gasteiger partial charge on any atom is 0.416 e. The number of nitrogens with zero attached hydrogens (tertiary/aromatic N) is 1. The maximum atomic E-state index is 12.5. The number of hydrogen-bond acceptors (Lipinski definition) is 2. The first-order chi connectivity index (χ1) is 11.3. The monoisotopic (exact) mass is 337 g/mol. The fourth-order valence-corrected chi connectivity index (χ4v) is 2.61. The Morgan fingerprint density at radius 1 is 1.04 bits per heavy atom. The van der Waals surface area contributed by atoms with Crippen molar-refractivity contribution in [2.75, 3.05) is 6.54 Å². The van der Waals surface area contributed by atoms with Gasteiger partial charge < -0.3 is 14.7 Å². The van der Waals surface area contributed by atoms with Crippen LogP contribution in [0.15, 0.2) is 42.5 Å². The van der Waals surface area contributed by atoms with E-state index in [1.54, 1.807) is 12.1 Å². The summed E-state index contributed by atoms with van der Waals surface area (Å²) in [5.74, 6) is 0.745. The molecule has 1 aliphatic rings. The lowest BCUT2D eigenvalue weighted by molar-refractivity contribution is -0.137. The van der Waals surface area contributed by atoms with E-state index in [0.29, 0.717) is 18.7 Å². The Bertz CT molecular complexity index is 757. The second kappa shape index (κ2) is 6.07. The van der Waals surface area contributed by atoms with Crippen molar-refractivity contribution < 1.29 is 27.8 Å². The van der Waals surface area contributed by atoms with Gasteiger partial charge in [-0.2, -0.15) is 13.2 Å². The molecule has 0 radical (unpaired) electrons. The average Bonchev–Trinajstić information content (AvgIpc) is 2.54. The van der Waals surface area contributed by atoms with Gasteiger partial charge in [0.1, 0.15) is 11.5 Å². The predicted molar refractivity (Wildman–Crippen MR) is 80.1 cm³/mol. The Kier molecular flexibility index (Phi) is 4.09. The summed E-state index contributed by atoms with van der Waals surface area (Å²) in [6.45, 7) is 0.719. The Labute approximate surface area is 136 Å². The van der Waals surface area contributed by atoms with Crippen LogP contribution in [-0.2, 0) is 19.1 Å². The number of carboxylic acid groups (broad SMARTS) is 1. The minimum absolute atomic E-state index is 0.273. The standard InChI is InChI=1S/C17H14F3NO3/c18-17(19,20)13-2-5-14(6-3-13)24-15-4-1-11-7-8-21(16(22)23)10-12(11)9-15/h1-6,9H,7-8,10H2,(H,22,23). The van der Waals surface area contributed by atoms with Crippen molar-refractivity contribution in [3.63, 3.8) is 0 Å². The molecule has 3 rings (SSSR count). The maximum absolute atomic E-state index is 12.5. The molecule has 0 saturated carbocycles. The molecule has 2 aromatic carbocycles. The second-order valence-electron chi connectivity index (χ2n) is 5.51. The number of benzene rings is 2. The van der Waals surface area contributed by atoms with Crippen LogP contribution in [0.4, 0.5) is 18.0 Å². The van der Waals surface area contributed by atoms with Gasteiger partial charge in [-0.3, -0.25) is 0 Å². The molecule has 0 aromatic heterocycles. The third-order valence-electron chi connectivity index (χ3n) is 3.88. The molecule has 7 heteroatoms. The quantitative estimate of drug-likeness (QED) is 0.876. The molecule has 0 unspecified atom stereocenters. The highest BCUT2D eigenvalue weighted by atomic mass is 19.4. The summed E-state index contributed by atoms with van der Waals surface area (Å²) in [6, 6.07) is 9.74. The minimum Gasteiger partial charge on any atom is -0.465 e. The van der Waals surface area contributed by atoms with Gasteiger partial charge in [-0.05, 0) is 53.9 Å². The highest BCUT2D eigenvalue weighted by Gasteiger charge is 2.30. The normalized spacial score (nSPS) is 14.2. The average molecular weight is 337 g/mol. The lowest BCUT2D eigenvalue weighted by Gasteiger charge is -2.26. The highest BCUT2D eigenvalue weighted by molar-refractivity contribution is 5.65. The lowest BCUT2D eigenvalue weighted by Crippen LogP contribution is -2.34. The van der Waals surface area contributed by atoms with Crippen LogP contribution in [0.25, 0.3) is 0 Å².